The fraction of sp³-hybridized carbons (Fsp3) is 0.478. The molecule has 0 bridgehead atoms. The summed E-state index contributed by atoms with van der Waals surface area (Å²) in [5, 5.41) is 12.1. The van der Waals surface area contributed by atoms with Crippen LogP contribution >= 0.6 is 0 Å². The highest BCUT2D eigenvalue weighted by molar-refractivity contribution is 6.25. The molecular weight excluding hydrogens is 440 g/mol. The average molecular weight is 469 g/mol. The third kappa shape index (κ3) is 4.12. The number of benzene rings is 1. The van der Waals surface area contributed by atoms with Gasteiger partial charge in [0, 0.05) is 37.7 Å². The normalized spacial score (nSPS) is 18.4. The minimum absolute atomic E-state index is 0.0602. The zero-order chi connectivity index (χ0) is 23.7. The van der Waals surface area contributed by atoms with Crippen molar-refractivity contribution in [3.05, 3.63) is 35.0 Å². The molecule has 2 aromatic rings. The van der Waals surface area contributed by atoms with Crippen LogP contribution in [0.3, 0.4) is 0 Å². The van der Waals surface area contributed by atoms with Crippen molar-refractivity contribution in [2.24, 2.45) is 0 Å². The first kappa shape index (κ1) is 22.4. The third-order valence-electron chi connectivity index (χ3n) is 6.51. The van der Waals surface area contributed by atoms with Crippen molar-refractivity contribution >= 4 is 23.6 Å². The minimum Gasteiger partial charge on any atom is -0.450 e. The van der Waals surface area contributed by atoms with E-state index in [1.165, 1.54) is 0 Å². The van der Waals surface area contributed by atoms with Gasteiger partial charge in [-0.3, -0.25) is 15.3 Å². The lowest BCUT2D eigenvalue weighted by atomic mass is 9.90. The van der Waals surface area contributed by atoms with E-state index in [1.54, 1.807) is 22.9 Å². The summed E-state index contributed by atoms with van der Waals surface area (Å²) in [6, 6.07) is 4.99. The molecule has 0 radical (unpaired) electrons. The fourth-order valence-corrected chi connectivity index (χ4v) is 4.83. The molecule has 11 nitrogen and oxygen atoms in total. The average Bonchev–Trinajstić information content (AvgIpc) is 3.40. The molecule has 0 unspecified atom stereocenters. The summed E-state index contributed by atoms with van der Waals surface area (Å²) in [6.45, 7) is 5.57. The molecule has 2 saturated heterocycles. The molecule has 3 heterocycles. The number of nitrogens with zero attached hydrogens (tertiary/aromatic N) is 3. The van der Waals surface area contributed by atoms with Crippen LogP contribution in [0.25, 0.3) is 11.3 Å². The Balaban J connectivity index is 1.31. The van der Waals surface area contributed by atoms with Crippen molar-refractivity contribution in [3.63, 3.8) is 0 Å². The summed E-state index contributed by atoms with van der Waals surface area (Å²) in [6.07, 6.45) is 1.10. The predicted octanol–water partition coefficient (Wildman–Crippen LogP) is 2.33. The number of nitrogens with one attached hydrogen (secondary N) is 3. The number of ether oxygens (including phenoxy) is 2. The van der Waals surface area contributed by atoms with Crippen LogP contribution in [-0.2, 0) is 9.47 Å². The van der Waals surface area contributed by atoms with Gasteiger partial charge in [0.1, 0.15) is 0 Å². The van der Waals surface area contributed by atoms with Crippen molar-refractivity contribution in [1.82, 2.24) is 25.5 Å². The Bertz CT molecular complexity index is 1100. The number of rotatable bonds is 4. The predicted molar refractivity (Wildman–Crippen MR) is 123 cm³/mol. The van der Waals surface area contributed by atoms with E-state index in [9.17, 15) is 14.4 Å². The monoisotopic (exact) mass is 468 g/mol. The van der Waals surface area contributed by atoms with E-state index in [0.29, 0.717) is 81.3 Å². The number of aromatic nitrogens is 2. The number of carbonyl (C=O) groups excluding carboxylic acids is 3. The number of likely N-dealkylation sites (tertiary alicyclic amines) is 1. The number of hydrogen-bond acceptors (Lipinski definition) is 7. The molecule has 5 rings (SSSR count). The van der Waals surface area contributed by atoms with Crippen LogP contribution in [0, 0.1) is 0 Å². The van der Waals surface area contributed by atoms with Crippen molar-refractivity contribution < 1.29 is 23.9 Å². The standard InChI is InChI=1S/C23H28N6O5/c1-2-34-23(32)28-8-6-14(7-9-28)19-18-20(26-25-19)15-4-3-5-16(17(15)21(18)30)24-22(31)27-29-10-12-33-13-11-29/h3-5,14H,2,6-13H2,1H3,(H,25,26)(H2,24,27,31). The van der Waals surface area contributed by atoms with E-state index < -0.39 is 6.03 Å². The lowest BCUT2D eigenvalue weighted by molar-refractivity contribution is 0.0207. The van der Waals surface area contributed by atoms with E-state index in [4.69, 9.17) is 9.47 Å². The maximum Gasteiger partial charge on any atom is 0.409 e. The molecule has 1 aromatic carbocycles. The zero-order valence-electron chi connectivity index (χ0n) is 19.1. The van der Waals surface area contributed by atoms with Crippen LogP contribution in [0.2, 0.25) is 0 Å². The number of ketones is 1. The summed E-state index contributed by atoms with van der Waals surface area (Å²) >= 11 is 0. The third-order valence-corrected chi connectivity index (χ3v) is 6.51. The molecule has 3 N–H and O–H groups in total. The quantitative estimate of drug-likeness (QED) is 0.536. The molecule has 1 aliphatic carbocycles. The van der Waals surface area contributed by atoms with Gasteiger partial charge in [-0.1, -0.05) is 12.1 Å². The van der Waals surface area contributed by atoms with Crippen LogP contribution in [0.5, 0.6) is 0 Å². The topological polar surface area (TPSA) is 129 Å². The number of morpholine rings is 1. The van der Waals surface area contributed by atoms with E-state index in [2.05, 4.69) is 20.9 Å². The van der Waals surface area contributed by atoms with Crippen LogP contribution in [0.15, 0.2) is 18.2 Å². The van der Waals surface area contributed by atoms with Gasteiger partial charge in [-0.25, -0.2) is 14.6 Å². The van der Waals surface area contributed by atoms with Gasteiger partial charge in [0.05, 0.1) is 48.0 Å². The largest absolute Gasteiger partial charge is 0.450 e. The molecule has 3 amide bonds. The van der Waals surface area contributed by atoms with Crippen LogP contribution in [-0.4, -0.2) is 84.0 Å². The molecule has 2 fully saturated rings. The zero-order valence-corrected chi connectivity index (χ0v) is 19.1. The highest BCUT2D eigenvalue weighted by atomic mass is 16.6. The highest BCUT2D eigenvalue weighted by Crippen LogP contribution is 2.43. The molecule has 3 aliphatic rings. The number of carbonyl (C=O) groups is 3. The minimum atomic E-state index is -0.400. The molecule has 0 spiro atoms. The lowest BCUT2D eigenvalue weighted by Gasteiger charge is -2.30. The molecule has 1 aromatic heterocycles. The smallest absolute Gasteiger partial charge is 0.409 e. The Morgan fingerprint density at radius 2 is 1.94 bits per heavy atom. The van der Waals surface area contributed by atoms with Gasteiger partial charge in [0.15, 0.2) is 5.78 Å². The Morgan fingerprint density at radius 1 is 1.18 bits per heavy atom. The second kappa shape index (κ2) is 9.43. The first-order valence-corrected chi connectivity index (χ1v) is 11.6. The molecule has 2 aliphatic heterocycles. The van der Waals surface area contributed by atoms with Crippen molar-refractivity contribution in [2.75, 3.05) is 51.3 Å². The van der Waals surface area contributed by atoms with Gasteiger partial charge < -0.3 is 19.7 Å². The summed E-state index contributed by atoms with van der Waals surface area (Å²) in [7, 11) is 0. The fourth-order valence-electron chi connectivity index (χ4n) is 4.83. The highest BCUT2D eigenvalue weighted by Gasteiger charge is 2.38. The second-order valence-corrected chi connectivity index (χ2v) is 8.54. The number of fused-ring (bicyclic) bond motifs is 3. The van der Waals surface area contributed by atoms with Gasteiger partial charge in [0.25, 0.3) is 0 Å². The number of aromatic amines is 1. The van der Waals surface area contributed by atoms with Crippen LogP contribution in [0.4, 0.5) is 15.3 Å². The number of H-pyrrole nitrogens is 1. The second-order valence-electron chi connectivity index (χ2n) is 8.54. The van der Waals surface area contributed by atoms with Gasteiger partial charge in [-0.15, -0.1) is 0 Å². The first-order valence-electron chi connectivity index (χ1n) is 11.6. The molecule has 0 atom stereocenters. The Kier molecular flexibility index (Phi) is 6.20. The van der Waals surface area contributed by atoms with Crippen LogP contribution in [0.1, 0.15) is 47.3 Å². The van der Waals surface area contributed by atoms with Crippen LogP contribution < -0.4 is 10.7 Å². The first-order chi connectivity index (χ1) is 16.6. The number of hydrazine groups is 1. The number of piperidine rings is 1. The SMILES string of the molecule is CCOC(=O)N1CCC(c2n[nH]c3c2C(=O)c2c(NC(=O)NN4CCOCC4)cccc2-3)CC1. The van der Waals surface area contributed by atoms with E-state index in [1.807, 2.05) is 12.1 Å². The van der Waals surface area contributed by atoms with E-state index in [-0.39, 0.29) is 17.8 Å². The summed E-state index contributed by atoms with van der Waals surface area (Å²) in [5.74, 6) is -0.0891. The Hall–Kier alpha value is -3.44. The summed E-state index contributed by atoms with van der Waals surface area (Å²) < 4.78 is 10.4. The molecule has 11 heteroatoms. The van der Waals surface area contributed by atoms with Gasteiger partial charge in [0.2, 0.25) is 0 Å². The van der Waals surface area contributed by atoms with Gasteiger partial charge >= 0.3 is 12.1 Å². The summed E-state index contributed by atoms with van der Waals surface area (Å²) in [5.41, 5.74) is 6.43. The maximum absolute atomic E-state index is 13.5. The molecule has 34 heavy (non-hydrogen) atoms. The van der Waals surface area contributed by atoms with E-state index >= 15 is 0 Å². The Morgan fingerprint density at radius 3 is 2.68 bits per heavy atom. The summed E-state index contributed by atoms with van der Waals surface area (Å²) in [4.78, 5) is 39.8. The number of urea groups is 1. The van der Waals surface area contributed by atoms with E-state index in [0.717, 1.165) is 11.3 Å². The number of amides is 3. The molecular formula is C23H28N6O5. The lowest BCUT2D eigenvalue weighted by Crippen LogP contribution is -2.49. The molecule has 180 valence electrons. The van der Waals surface area contributed by atoms with Crippen molar-refractivity contribution in [3.8, 4) is 11.3 Å². The van der Waals surface area contributed by atoms with Crippen molar-refractivity contribution in [2.45, 2.75) is 25.7 Å². The van der Waals surface area contributed by atoms with Gasteiger partial charge in [-0.05, 0) is 25.8 Å². The number of anilines is 1. The Labute approximate surface area is 196 Å². The van der Waals surface area contributed by atoms with Crippen molar-refractivity contribution in [1.29, 1.82) is 0 Å². The molecule has 0 saturated carbocycles. The number of hydrogen-bond donors (Lipinski definition) is 3. The maximum atomic E-state index is 13.5. The van der Waals surface area contributed by atoms with Gasteiger partial charge in [-0.2, -0.15) is 5.10 Å².